The Hall–Kier alpha value is -4.18. The minimum Gasteiger partial charge on any atom is -0.493 e. The number of hydrogen-bond donors (Lipinski definition) is 3. The number of ether oxygens (including phenoxy) is 2. The first kappa shape index (κ1) is 27.4. The van der Waals surface area contributed by atoms with Crippen molar-refractivity contribution in [2.45, 2.75) is 20.4 Å². The Kier molecular flexibility index (Phi) is 9.79. The Labute approximate surface area is 223 Å². The summed E-state index contributed by atoms with van der Waals surface area (Å²) in [4.78, 5) is 36.3. The van der Waals surface area contributed by atoms with Gasteiger partial charge < -0.3 is 20.1 Å². The number of aryl methyl sites for hydroxylation is 2. The molecule has 3 aromatic rings. The third-order valence-corrected chi connectivity index (χ3v) is 5.65. The van der Waals surface area contributed by atoms with E-state index in [9.17, 15) is 14.4 Å². The van der Waals surface area contributed by atoms with Crippen LogP contribution in [0.15, 0.2) is 70.2 Å². The van der Waals surface area contributed by atoms with Crippen molar-refractivity contribution in [2.24, 2.45) is 5.10 Å². The summed E-state index contributed by atoms with van der Waals surface area (Å²) < 4.78 is 11.6. The monoisotopic (exact) mass is 566 g/mol. The van der Waals surface area contributed by atoms with Gasteiger partial charge in [0.15, 0.2) is 18.1 Å². The van der Waals surface area contributed by atoms with Crippen LogP contribution in [-0.2, 0) is 20.9 Å². The average Bonchev–Trinajstić information content (AvgIpc) is 2.87. The SMILES string of the molecule is COc1cc(/C=N\NC(=O)C(=O)NCc2ccc(C)cc2)cc(Br)c1OCC(=O)Nc1cccc(C)c1. The van der Waals surface area contributed by atoms with Gasteiger partial charge in [0.2, 0.25) is 0 Å². The number of amides is 3. The molecular weight excluding hydrogens is 540 g/mol. The van der Waals surface area contributed by atoms with Crippen LogP contribution in [0.25, 0.3) is 0 Å². The first-order valence-electron chi connectivity index (χ1n) is 11.3. The maximum atomic E-state index is 12.3. The lowest BCUT2D eigenvalue weighted by atomic mass is 10.1. The fourth-order valence-electron chi connectivity index (χ4n) is 3.20. The molecule has 0 bridgehead atoms. The quantitative estimate of drug-likeness (QED) is 0.206. The number of carbonyl (C=O) groups excluding carboxylic acids is 3. The molecule has 0 unspecified atom stereocenters. The van der Waals surface area contributed by atoms with Crippen LogP contribution in [0.2, 0.25) is 0 Å². The van der Waals surface area contributed by atoms with Gasteiger partial charge in [0, 0.05) is 12.2 Å². The first-order chi connectivity index (χ1) is 17.7. The lowest BCUT2D eigenvalue weighted by Gasteiger charge is -2.13. The summed E-state index contributed by atoms with van der Waals surface area (Å²) in [6, 6.07) is 18.3. The van der Waals surface area contributed by atoms with Gasteiger partial charge in [-0.1, -0.05) is 42.0 Å². The topological polar surface area (TPSA) is 118 Å². The van der Waals surface area contributed by atoms with Gasteiger partial charge >= 0.3 is 11.8 Å². The molecular formula is C27H27BrN4O5. The Balaban J connectivity index is 1.54. The standard InChI is InChI=1S/C27H27BrN4O5/c1-17-7-9-19(10-8-17)14-29-26(34)27(35)32-30-15-20-12-22(28)25(23(13-20)36-3)37-16-24(33)31-21-6-4-5-18(2)11-21/h4-13,15H,14,16H2,1-3H3,(H,29,34)(H,31,33)(H,32,35)/b30-15-. The van der Waals surface area contributed by atoms with E-state index in [2.05, 4.69) is 37.1 Å². The van der Waals surface area contributed by atoms with E-state index < -0.39 is 11.8 Å². The molecule has 9 nitrogen and oxygen atoms in total. The van der Waals surface area contributed by atoms with E-state index in [0.29, 0.717) is 27.2 Å². The highest BCUT2D eigenvalue weighted by atomic mass is 79.9. The Morgan fingerprint density at radius 2 is 1.73 bits per heavy atom. The van der Waals surface area contributed by atoms with Gasteiger partial charge in [-0.25, -0.2) is 5.43 Å². The van der Waals surface area contributed by atoms with Crippen molar-refractivity contribution in [3.05, 3.63) is 87.4 Å². The maximum absolute atomic E-state index is 12.3. The number of halogens is 1. The van der Waals surface area contributed by atoms with Crippen LogP contribution < -0.4 is 25.5 Å². The van der Waals surface area contributed by atoms with E-state index in [1.807, 2.05) is 56.3 Å². The maximum Gasteiger partial charge on any atom is 0.329 e. The molecule has 0 fully saturated rings. The number of anilines is 1. The summed E-state index contributed by atoms with van der Waals surface area (Å²) in [5, 5.41) is 9.15. The zero-order chi connectivity index (χ0) is 26.8. The predicted molar refractivity (Wildman–Crippen MR) is 145 cm³/mol. The Bertz CT molecular complexity index is 1310. The number of nitrogens with zero attached hydrogens (tertiary/aromatic N) is 1. The highest BCUT2D eigenvalue weighted by Crippen LogP contribution is 2.36. The molecule has 0 aromatic heterocycles. The van der Waals surface area contributed by atoms with Crippen molar-refractivity contribution < 1.29 is 23.9 Å². The summed E-state index contributed by atoms with van der Waals surface area (Å²) in [6.07, 6.45) is 1.35. The summed E-state index contributed by atoms with van der Waals surface area (Å²) in [5.41, 5.74) is 6.44. The number of hydrogen-bond acceptors (Lipinski definition) is 6. The van der Waals surface area contributed by atoms with Crippen LogP contribution >= 0.6 is 15.9 Å². The summed E-state index contributed by atoms with van der Waals surface area (Å²) >= 11 is 3.41. The lowest BCUT2D eigenvalue weighted by Crippen LogP contribution is -2.37. The second-order valence-corrected chi connectivity index (χ2v) is 8.96. The van der Waals surface area contributed by atoms with Crippen molar-refractivity contribution in [3.63, 3.8) is 0 Å². The van der Waals surface area contributed by atoms with Gasteiger partial charge in [-0.15, -0.1) is 0 Å². The van der Waals surface area contributed by atoms with E-state index in [0.717, 1.165) is 16.7 Å². The number of hydrazone groups is 1. The molecule has 0 saturated heterocycles. The zero-order valence-electron chi connectivity index (χ0n) is 20.6. The van der Waals surface area contributed by atoms with Gasteiger partial charge in [-0.05, 0) is 70.7 Å². The molecule has 37 heavy (non-hydrogen) atoms. The molecule has 0 aliphatic heterocycles. The molecule has 3 N–H and O–H groups in total. The molecule has 0 atom stereocenters. The van der Waals surface area contributed by atoms with E-state index in [1.54, 1.807) is 18.2 Å². The molecule has 0 spiro atoms. The minimum atomic E-state index is -0.894. The minimum absolute atomic E-state index is 0.227. The molecule has 0 aliphatic carbocycles. The number of nitrogens with one attached hydrogen (secondary N) is 3. The molecule has 3 rings (SSSR count). The second-order valence-electron chi connectivity index (χ2n) is 8.11. The molecule has 192 valence electrons. The Morgan fingerprint density at radius 3 is 2.43 bits per heavy atom. The number of benzene rings is 3. The van der Waals surface area contributed by atoms with Crippen molar-refractivity contribution in [3.8, 4) is 11.5 Å². The van der Waals surface area contributed by atoms with Crippen molar-refractivity contribution >= 4 is 45.6 Å². The van der Waals surface area contributed by atoms with Crippen molar-refractivity contribution in [2.75, 3.05) is 19.0 Å². The molecule has 0 aliphatic rings. The van der Waals surface area contributed by atoms with Crippen LogP contribution in [0.3, 0.4) is 0 Å². The molecule has 0 saturated carbocycles. The predicted octanol–water partition coefficient (Wildman–Crippen LogP) is 3.86. The fourth-order valence-corrected chi connectivity index (χ4v) is 3.77. The average molecular weight is 567 g/mol. The molecule has 10 heteroatoms. The third kappa shape index (κ3) is 8.46. The number of methoxy groups -OCH3 is 1. The van der Waals surface area contributed by atoms with E-state index in [1.165, 1.54) is 13.3 Å². The third-order valence-electron chi connectivity index (χ3n) is 5.06. The van der Waals surface area contributed by atoms with E-state index in [4.69, 9.17) is 9.47 Å². The smallest absolute Gasteiger partial charge is 0.329 e. The first-order valence-corrected chi connectivity index (χ1v) is 12.1. The summed E-state index contributed by atoms with van der Waals surface area (Å²) in [6.45, 7) is 3.90. The van der Waals surface area contributed by atoms with Gasteiger partial charge in [-0.3, -0.25) is 14.4 Å². The van der Waals surface area contributed by atoms with Crippen molar-refractivity contribution in [1.29, 1.82) is 0 Å². The Morgan fingerprint density at radius 1 is 0.973 bits per heavy atom. The lowest BCUT2D eigenvalue weighted by molar-refractivity contribution is -0.139. The molecule has 3 aromatic carbocycles. The van der Waals surface area contributed by atoms with Gasteiger partial charge in [0.25, 0.3) is 5.91 Å². The second kappa shape index (κ2) is 13.2. The molecule has 0 radical (unpaired) electrons. The number of rotatable bonds is 9. The van der Waals surface area contributed by atoms with Gasteiger partial charge in [0.1, 0.15) is 0 Å². The largest absolute Gasteiger partial charge is 0.493 e. The van der Waals surface area contributed by atoms with Crippen LogP contribution in [-0.4, -0.2) is 37.7 Å². The van der Waals surface area contributed by atoms with Crippen LogP contribution in [0.4, 0.5) is 5.69 Å². The highest BCUT2D eigenvalue weighted by molar-refractivity contribution is 9.10. The molecule has 0 heterocycles. The van der Waals surface area contributed by atoms with E-state index in [-0.39, 0.29) is 19.1 Å². The number of carbonyl (C=O) groups is 3. The normalized spacial score (nSPS) is 10.6. The van der Waals surface area contributed by atoms with Crippen LogP contribution in [0.5, 0.6) is 11.5 Å². The summed E-state index contributed by atoms with van der Waals surface area (Å²) in [5.74, 6) is -1.34. The fraction of sp³-hybridized carbons (Fsp3) is 0.185. The van der Waals surface area contributed by atoms with Gasteiger partial charge in [-0.2, -0.15) is 5.10 Å². The van der Waals surface area contributed by atoms with Crippen molar-refractivity contribution in [1.82, 2.24) is 10.7 Å². The molecule has 3 amide bonds. The van der Waals surface area contributed by atoms with Crippen LogP contribution in [0.1, 0.15) is 22.3 Å². The zero-order valence-corrected chi connectivity index (χ0v) is 22.2. The summed E-state index contributed by atoms with van der Waals surface area (Å²) in [7, 11) is 1.46. The highest BCUT2D eigenvalue weighted by Gasteiger charge is 2.15. The van der Waals surface area contributed by atoms with E-state index >= 15 is 0 Å². The van der Waals surface area contributed by atoms with Gasteiger partial charge in [0.05, 0.1) is 17.8 Å². The van der Waals surface area contributed by atoms with Crippen LogP contribution in [0, 0.1) is 13.8 Å².